The van der Waals surface area contributed by atoms with Crippen molar-refractivity contribution >= 4 is 23.2 Å². The van der Waals surface area contributed by atoms with Crippen LogP contribution in [0.5, 0.6) is 0 Å². The van der Waals surface area contributed by atoms with Gasteiger partial charge >= 0.3 is 0 Å². The molecule has 84 valence electrons. The quantitative estimate of drug-likeness (QED) is 0.816. The normalized spacial score (nSPS) is 16.9. The van der Waals surface area contributed by atoms with Crippen molar-refractivity contribution in [3.8, 4) is 0 Å². The number of carbonyl (C=O) groups is 1. The Morgan fingerprint density at radius 2 is 1.94 bits per heavy atom. The Hall–Kier alpha value is -1.48. The van der Waals surface area contributed by atoms with Gasteiger partial charge in [-0.2, -0.15) is 0 Å². The van der Waals surface area contributed by atoms with E-state index in [0.29, 0.717) is 18.0 Å². The van der Waals surface area contributed by atoms with Gasteiger partial charge in [0.2, 0.25) is 0 Å². The minimum atomic E-state index is -0.183. The highest BCUT2D eigenvalue weighted by molar-refractivity contribution is 6.30. The number of hydrogen-bond acceptors (Lipinski definition) is 2. The Labute approximate surface area is 98.9 Å². The van der Waals surface area contributed by atoms with Crippen molar-refractivity contribution < 1.29 is 9.90 Å². The summed E-state index contributed by atoms with van der Waals surface area (Å²) in [4.78, 5) is 13.4. The minimum absolute atomic E-state index is 0.154. The van der Waals surface area contributed by atoms with Crippen molar-refractivity contribution in [2.45, 2.75) is 12.8 Å². The van der Waals surface area contributed by atoms with E-state index >= 15 is 0 Å². The Bertz CT molecular complexity index is 425. The van der Waals surface area contributed by atoms with E-state index in [1.54, 1.807) is 29.2 Å². The van der Waals surface area contributed by atoms with Gasteiger partial charge in [-0.1, -0.05) is 11.6 Å². The first kappa shape index (κ1) is 11.0. The molecule has 0 atom stereocenters. The lowest BCUT2D eigenvalue weighted by molar-refractivity contribution is -0.114. The van der Waals surface area contributed by atoms with E-state index in [1.165, 1.54) is 6.08 Å². The van der Waals surface area contributed by atoms with Crippen molar-refractivity contribution in [3.63, 3.8) is 0 Å². The van der Waals surface area contributed by atoms with Gasteiger partial charge in [0, 0.05) is 29.8 Å². The lowest BCUT2D eigenvalue weighted by Gasteiger charge is -2.19. The first-order chi connectivity index (χ1) is 7.66. The predicted octanol–water partition coefficient (Wildman–Crippen LogP) is 2.91. The molecule has 16 heavy (non-hydrogen) atoms. The first-order valence-corrected chi connectivity index (χ1v) is 5.51. The zero-order chi connectivity index (χ0) is 11.5. The number of aliphatic hydroxyl groups excluding tert-OH is 1. The maximum atomic E-state index is 11.8. The fraction of sp³-hybridized carbons (Fsp3) is 0.250. The monoisotopic (exact) mass is 237 g/mol. The van der Waals surface area contributed by atoms with Gasteiger partial charge in [-0.3, -0.25) is 4.79 Å². The van der Waals surface area contributed by atoms with Crippen molar-refractivity contribution in [2.75, 3.05) is 11.4 Å². The van der Waals surface area contributed by atoms with Gasteiger partial charge in [0.15, 0.2) is 0 Å². The summed E-state index contributed by atoms with van der Waals surface area (Å²) in [5.74, 6) is -0.0289. The van der Waals surface area contributed by atoms with Crippen LogP contribution in [-0.2, 0) is 4.79 Å². The zero-order valence-electron chi connectivity index (χ0n) is 8.69. The Morgan fingerprint density at radius 1 is 1.25 bits per heavy atom. The molecule has 1 aromatic rings. The summed E-state index contributed by atoms with van der Waals surface area (Å²) in [5, 5.41) is 10.0. The summed E-state index contributed by atoms with van der Waals surface area (Å²) in [6.45, 7) is 0.612. The molecule has 1 aliphatic heterocycles. The maximum Gasteiger partial charge on any atom is 0.254 e. The summed E-state index contributed by atoms with van der Waals surface area (Å²) in [5.41, 5.74) is 0.806. The van der Waals surface area contributed by atoms with E-state index in [2.05, 4.69) is 0 Å². The van der Waals surface area contributed by atoms with Gasteiger partial charge in [-0.05, 0) is 30.7 Å². The van der Waals surface area contributed by atoms with E-state index in [4.69, 9.17) is 11.6 Å². The Kier molecular flexibility index (Phi) is 3.15. The van der Waals surface area contributed by atoms with Crippen LogP contribution in [0.3, 0.4) is 0 Å². The van der Waals surface area contributed by atoms with Gasteiger partial charge in [-0.25, -0.2) is 0 Å². The highest BCUT2D eigenvalue weighted by Crippen LogP contribution is 2.21. The van der Waals surface area contributed by atoms with E-state index < -0.39 is 0 Å². The molecule has 1 aliphatic rings. The molecule has 1 aromatic carbocycles. The summed E-state index contributed by atoms with van der Waals surface area (Å²) in [6, 6.07) is 7.10. The number of aliphatic hydroxyl groups is 1. The van der Waals surface area contributed by atoms with Crippen LogP contribution in [0.4, 0.5) is 5.69 Å². The van der Waals surface area contributed by atoms with E-state index in [9.17, 15) is 9.90 Å². The largest absolute Gasteiger partial charge is 0.512 e. The van der Waals surface area contributed by atoms with Crippen LogP contribution in [0.25, 0.3) is 0 Å². The maximum absolute atomic E-state index is 11.8. The van der Waals surface area contributed by atoms with Gasteiger partial charge < -0.3 is 10.0 Å². The van der Waals surface area contributed by atoms with Crippen LogP contribution in [0.1, 0.15) is 12.8 Å². The first-order valence-electron chi connectivity index (χ1n) is 5.13. The highest BCUT2D eigenvalue weighted by Gasteiger charge is 2.17. The molecule has 0 fully saturated rings. The lowest BCUT2D eigenvalue weighted by Crippen LogP contribution is -2.29. The van der Waals surface area contributed by atoms with Crippen molar-refractivity contribution in [3.05, 3.63) is 41.1 Å². The van der Waals surface area contributed by atoms with Crippen molar-refractivity contribution in [1.29, 1.82) is 0 Å². The van der Waals surface area contributed by atoms with Gasteiger partial charge in [0.25, 0.3) is 5.91 Å². The second-order valence-electron chi connectivity index (χ2n) is 3.71. The van der Waals surface area contributed by atoms with Gasteiger partial charge in [0.05, 0.1) is 5.76 Å². The molecular weight excluding hydrogens is 226 g/mol. The molecule has 0 radical (unpaired) electrons. The molecule has 0 saturated heterocycles. The molecule has 0 unspecified atom stereocenters. The lowest BCUT2D eigenvalue weighted by atomic mass is 10.2. The highest BCUT2D eigenvalue weighted by atomic mass is 35.5. The predicted molar refractivity (Wildman–Crippen MR) is 63.8 cm³/mol. The Balaban J connectivity index is 2.26. The Morgan fingerprint density at radius 3 is 2.62 bits per heavy atom. The van der Waals surface area contributed by atoms with E-state index in [-0.39, 0.29) is 11.7 Å². The molecule has 2 rings (SSSR count). The SMILES string of the molecule is O=C1C=C(O)CCCN1c1ccc(Cl)cc1. The van der Waals surface area contributed by atoms with Crippen LogP contribution < -0.4 is 4.90 Å². The number of halogens is 1. The summed E-state index contributed by atoms with van der Waals surface area (Å²) in [7, 11) is 0. The number of rotatable bonds is 1. The third-order valence-corrected chi connectivity index (χ3v) is 2.76. The minimum Gasteiger partial charge on any atom is -0.512 e. The number of benzene rings is 1. The summed E-state index contributed by atoms with van der Waals surface area (Å²) >= 11 is 5.79. The molecule has 0 aromatic heterocycles. The van der Waals surface area contributed by atoms with Crippen molar-refractivity contribution in [1.82, 2.24) is 0 Å². The van der Waals surface area contributed by atoms with Crippen LogP contribution in [-0.4, -0.2) is 17.6 Å². The number of anilines is 1. The number of hydrogen-bond donors (Lipinski definition) is 1. The third kappa shape index (κ3) is 2.36. The number of carbonyl (C=O) groups excluding carboxylic acids is 1. The fourth-order valence-corrected chi connectivity index (χ4v) is 1.82. The number of allylic oxidation sites excluding steroid dienone is 1. The summed E-state index contributed by atoms with van der Waals surface area (Å²) < 4.78 is 0. The number of nitrogens with zero attached hydrogens (tertiary/aromatic N) is 1. The van der Waals surface area contributed by atoms with Gasteiger partial charge in [0.1, 0.15) is 0 Å². The molecule has 0 spiro atoms. The third-order valence-electron chi connectivity index (χ3n) is 2.51. The second-order valence-corrected chi connectivity index (χ2v) is 4.14. The molecule has 4 heteroatoms. The van der Waals surface area contributed by atoms with Crippen LogP contribution in [0, 0.1) is 0 Å². The molecule has 0 saturated carbocycles. The van der Waals surface area contributed by atoms with Crippen molar-refractivity contribution in [2.24, 2.45) is 0 Å². The molecule has 1 heterocycles. The average Bonchev–Trinajstić information content (AvgIpc) is 2.41. The zero-order valence-corrected chi connectivity index (χ0v) is 9.44. The van der Waals surface area contributed by atoms with Crippen LogP contribution >= 0.6 is 11.6 Å². The smallest absolute Gasteiger partial charge is 0.254 e. The topological polar surface area (TPSA) is 40.5 Å². The van der Waals surface area contributed by atoms with Crippen LogP contribution in [0.15, 0.2) is 36.1 Å². The van der Waals surface area contributed by atoms with E-state index in [0.717, 1.165) is 12.1 Å². The summed E-state index contributed by atoms with van der Waals surface area (Å²) in [6.07, 6.45) is 2.59. The van der Waals surface area contributed by atoms with Gasteiger partial charge in [-0.15, -0.1) is 0 Å². The standard InChI is InChI=1S/C12H12ClNO2/c13-9-3-5-10(6-4-9)14-7-1-2-11(15)8-12(14)16/h3-6,8,15H,1-2,7H2. The fourth-order valence-electron chi connectivity index (χ4n) is 1.70. The van der Waals surface area contributed by atoms with Crippen LogP contribution in [0.2, 0.25) is 5.02 Å². The molecule has 3 nitrogen and oxygen atoms in total. The van der Waals surface area contributed by atoms with E-state index in [1.807, 2.05) is 0 Å². The molecule has 1 amide bonds. The molecule has 1 N–H and O–H groups in total. The molecular formula is C12H12ClNO2. The second kappa shape index (κ2) is 4.58. The molecule has 0 aliphatic carbocycles. The number of amides is 1. The average molecular weight is 238 g/mol. The molecule has 0 bridgehead atoms.